The molecule has 112 valence electrons. The van der Waals surface area contributed by atoms with Crippen LogP contribution in [0.1, 0.15) is 44.9 Å². The van der Waals surface area contributed by atoms with Crippen LogP contribution >= 0.6 is 11.8 Å². The standard InChI is InChI=1S/C18H21FOS/c1-12(20)16-11-14(19)7-10-17(16)21-15-8-5-13(6-9-15)18(2,3)4/h5-12,20H,1-4H3. The zero-order valence-electron chi connectivity index (χ0n) is 12.9. The van der Waals surface area contributed by atoms with E-state index in [0.717, 1.165) is 9.79 Å². The van der Waals surface area contributed by atoms with Gasteiger partial charge in [0, 0.05) is 9.79 Å². The van der Waals surface area contributed by atoms with Gasteiger partial charge in [0.2, 0.25) is 0 Å². The zero-order valence-corrected chi connectivity index (χ0v) is 13.7. The van der Waals surface area contributed by atoms with E-state index in [-0.39, 0.29) is 11.2 Å². The van der Waals surface area contributed by atoms with E-state index >= 15 is 0 Å². The van der Waals surface area contributed by atoms with Gasteiger partial charge in [0.1, 0.15) is 5.82 Å². The Labute approximate surface area is 130 Å². The summed E-state index contributed by atoms with van der Waals surface area (Å²) in [6.45, 7) is 8.20. The molecule has 0 fully saturated rings. The number of halogens is 1. The minimum atomic E-state index is -0.683. The van der Waals surface area contributed by atoms with Gasteiger partial charge in [-0.05, 0) is 53.8 Å². The summed E-state index contributed by atoms with van der Waals surface area (Å²) in [6, 6.07) is 12.9. The summed E-state index contributed by atoms with van der Waals surface area (Å²) in [5, 5.41) is 9.78. The molecular formula is C18H21FOS. The number of hydrogen-bond donors (Lipinski definition) is 1. The summed E-state index contributed by atoms with van der Waals surface area (Å²) in [5.41, 5.74) is 2.03. The number of aliphatic hydroxyl groups excluding tert-OH is 1. The Morgan fingerprint density at radius 2 is 1.67 bits per heavy atom. The second kappa shape index (κ2) is 6.20. The van der Waals surface area contributed by atoms with Gasteiger partial charge in [-0.15, -0.1) is 0 Å². The van der Waals surface area contributed by atoms with Gasteiger partial charge in [-0.2, -0.15) is 0 Å². The van der Waals surface area contributed by atoms with Crippen molar-refractivity contribution in [3.8, 4) is 0 Å². The van der Waals surface area contributed by atoms with Crippen LogP contribution in [0, 0.1) is 5.82 Å². The highest BCUT2D eigenvalue weighted by molar-refractivity contribution is 7.99. The molecule has 1 N–H and O–H groups in total. The van der Waals surface area contributed by atoms with Gasteiger partial charge < -0.3 is 5.11 Å². The van der Waals surface area contributed by atoms with E-state index in [1.54, 1.807) is 24.8 Å². The molecule has 0 aliphatic carbocycles. The van der Waals surface area contributed by atoms with Crippen molar-refractivity contribution in [2.75, 3.05) is 0 Å². The van der Waals surface area contributed by atoms with E-state index in [4.69, 9.17) is 0 Å². The third-order valence-electron chi connectivity index (χ3n) is 3.37. The fourth-order valence-corrected chi connectivity index (χ4v) is 3.10. The van der Waals surface area contributed by atoms with Gasteiger partial charge in [0.15, 0.2) is 0 Å². The maximum Gasteiger partial charge on any atom is 0.123 e. The average molecular weight is 304 g/mol. The van der Waals surface area contributed by atoms with Crippen LogP contribution in [0.4, 0.5) is 4.39 Å². The smallest absolute Gasteiger partial charge is 0.123 e. The Morgan fingerprint density at radius 1 is 1.05 bits per heavy atom. The molecule has 2 aromatic rings. The van der Waals surface area contributed by atoms with Gasteiger partial charge in [-0.1, -0.05) is 44.7 Å². The third-order valence-corrected chi connectivity index (χ3v) is 4.47. The molecule has 0 radical (unpaired) electrons. The molecule has 2 rings (SSSR count). The zero-order chi connectivity index (χ0) is 15.6. The van der Waals surface area contributed by atoms with Crippen molar-refractivity contribution >= 4 is 11.8 Å². The van der Waals surface area contributed by atoms with E-state index < -0.39 is 6.10 Å². The lowest BCUT2D eigenvalue weighted by atomic mass is 9.87. The fraction of sp³-hybridized carbons (Fsp3) is 0.333. The van der Waals surface area contributed by atoms with Crippen molar-refractivity contribution in [2.45, 2.75) is 49.0 Å². The molecule has 21 heavy (non-hydrogen) atoms. The van der Waals surface area contributed by atoms with Gasteiger partial charge in [0.25, 0.3) is 0 Å². The first-order valence-corrected chi connectivity index (χ1v) is 7.85. The predicted octanol–water partition coefficient (Wildman–Crippen LogP) is 5.33. The predicted molar refractivity (Wildman–Crippen MR) is 86.3 cm³/mol. The third kappa shape index (κ3) is 4.08. The van der Waals surface area contributed by atoms with Gasteiger partial charge in [-0.25, -0.2) is 4.39 Å². The molecular weight excluding hydrogens is 283 g/mol. The molecule has 0 aliphatic heterocycles. The normalized spacial score (nSPS) is 13.2. The molecule has 3 heteroatoms. The van der Waals surface area contributed by atoms with E-state index in [2.05, 4.69) is 45.0 Å². The second-order valence-corrected chi connectivity index (χ2v) is 7.35. The van der Waals surface area contributed by atoms with Crippen LogP contribution in [0.5, 0.6) is 0 Å². The molecule has 0 aromatic heterocycles. The summed E-state index contributed by atoms with van der Waals surface area (Å²) in [5.74, 6) is -0.321. The highest BCUT2D eigenvalue weighted by Gasteiger charge is 2.14. The van der Waals surface area contributed by atoms with Crippen molar-refractivity contribution < 1.29 is 9.50 Å². The van der Waals surface area contributed by atoms with Gasteiger partial charge in [-0.3, -0.25) is 0 Å². The Hall–Kier alpha value is -1.32. The molecule has 1 unspecified atom stereocenters. The van der Waals surface area contributed by atoms with Crippen LogP contribution in [0.25, 0.3) is 0 Å². The summed E-state index contributed by atoms with van der Waals surface area (Å²) in [4.78, 5) is 1.96. The van der Waals surface area contributed by atoms with Crippen LogP contribution in [-0.4, -0.2) is 5.11 Å². The molecule has 0 saturated heterocycles. The first-order chi connectivity index (χ1) is 9.77. The lowest BCUT2D eigenvalue weighted by molar-refractivity contribution is 0.196. The monoisotopic (exact) mass is 304 g/mol. The van der Waals surface area contributed by atoms with Crippen molar-refractivity contribution in [3.05, 3.63) is 59.4 Å². The lowest BCUT2D eigenvalue weighted by Gasteiger charge is -2.19. The number of aliphatic hydroxyl groups is 1. The average Bonchev–Trinajstić information content (AvgIpc) is 2.40. The van der Waals surface area contributed by atoms with E-state index in [9.17, 15) is 9.50 Å². The lowest BCUT2D eigenvalue weighted by Crippen LogP contribution is -2.10. The Kier molecular flexibility index (Phi) is 4.74. The number of benzene rings is 2. The molecule has 0 bridgehead atoms. The van der Waals surface area contributed by atoms with E-state index in [1.165, 1.54) is 17.7 Å². The fourth-order valence-electron chi connectivity index (χ4n) is 2.09. The highest BCUT2D eigenvalue weighted by Crippen LogP contribution is 2.34. The van der Waals surface area contributed by atoms with Crippen LogP contribution in [-0.2, 0) is 5.41 Å². The highest BCUT2D eigenvalue weighted by atomic mass is 32.2. The van der Waals surface area contributed by atoms with E-state index in [1.807, 2.05) is 0 Å². The first-order valence-electron chi connectivity index (χ1n) is 7.03. The maximum absolute atomic E-state index is 13.3. The maximum atomic E-state index is 13.3. The second-order valence-electron chi connectivity index (χ2n) is 6.23. The molecule has 0 heterocycles. The number of hydrogen-bond acceptors (Lipinski definition) is 2. The molecule has 0 spiro atoms. The van der Waals surface area contributed by atoms with Gasteiger partial charge in [0.05, 0.1) is 6.10 Å². The van der Waals surface area contributed by atoms with Crippen molar-refractivity contribution in [1.29, 1.82) is 0 Å². The largest absolute Gasteiger partial charge is 0.389 e. The quantitative estimate of drug-likeness (QED) is 0.827. The van der Waals surface area contributed by atoms with Gasteiger partial charge >= 0.3 is 0 Å². The molecule has 2 aromatic carbocycles. The number of rotatable bonds is 3. The minimum Gasteiger partial charge on any atom is -0.389 e. The summed E-state index contributed by atoms with van der Waals surface area (Å²) in [6.07, 6.45) is -0.683. The van der Waals surface area contributed by atoms with E-state index in [0.29, 0.717) is 5.56 Å². The molecule has 0 saturated carbocycles. The molecule has 0 aliphatic rings. The van der Waals surface area contributed by atoms with Crippen molar-refractivity contribution in [2.24, 2.45) is 0 Å². The van der Waals surface area contributed by atoms with Crippen molar-refractivity contribution in [3.63, 3.8) is 0 Å². The van der Waals surface area contributed by atoms with Crippen LogP contribution in [0.3, 0.4) is 0 Å². The Balaban J connectivity index is 2.26. The SMILES string of the molecule is CC(O)c1cc(F)ccc1Sc1ccc(C(C)(C)C)cc1. The Bertz CT molecular complexity index is 612. The molecule has 1 nitrogen and oxygen atoms in total. The van der Waals surface area contributed by atoms with Crippen LogP contribution < -0.4 is 0 Å². The Morgan fingerprint density at radius 3 is 2.19 bits per heavy atom. The van der Waals surface area contributed by atoms with Crippen LogP contribution in [0.2, 0.25) is 0 Å². The minimum absolute atomic E-state index is 0.129. The van der Waals surface area contributed by atoms with Crippen LogP contribution in [0.15, 0.2) is 52.3 Å². The molecule has 1 atom stereocenters. The molecule has 0 amide bonds. The summed E-state index contributed by atoms with van der Waals surface area (Å²) >= 11 is 1.54. The van der Waals surface area contributed by atoms with Crippen molar-refractivity contribution in [1.82, 2.24) is 0 Å². The first kappa shape index (κ1) is 16.1. The topological polar surface area (TPSA) is 20.2 Å². The summed E-state index contributed by atoms with van der Waals surface area (Å²) in [7, 11) is 0. The summed E-state index contributed by atoms with van der Waals surface area (Å²) < 4.78 is 13.3.